The summed E-state index contributed by atoms with van der Waals surface area (Å²) in [6.45, 7) is 14.5. The van der Waals surface area contributed by atoms with Gasteiger partial charge in [-0.25, -0.2) is 0 Å². The summed E-state index contributed by atoms with van der Waals surface area (Å²) in [5, 5.41) is 0. The lowest BCUT2D eigenvalue weighted by Crippen LogP contribution is -2.44. The third kappa shape index (κ3) is 6.55. The van der Waals surface area contributed by atoms with E-state index in [-0.39, 0.29) is 10.8 Å². The molecule has 1 aromatic carbocycles. The van der Waals surface area contributed by atoms with Crippen LogP contribution in [0.5, 0.6) is 0 Å². The normalized spacial score (nSPS) is 16.0. The van der Waals surface area contributed by atoms with Crippen LogP contribution in [0.15, 0.2) is 35.9 Å². The van der Waals surface area contributed by atoms with E-state index in [0.29, 0.717) is 5.92 Å². The van der Waals surface area contributed by atoms with Crippen molar-refractivity contribution in [3.05, 3.63) is 47.0 Å². The van der Waals surface area contributed by atoms with E-state index in [2.05, 4.69) is 62.8 Å². The van der Waals surface area contributed by atoms with E-state index in [4.69, 9.17) is 0 Å². The van der Waals surface area contributed by atoms with Crippen molar-refractivity contribution in [1.82, 2.24) is 4.72 Å². The summed E-state index contributed by atoms with van der Waals surface area (Å²) < 4.78 is 15.4. The Morgan fingerprint density at radius 2 is 1.77 bits per heavy atom. The lowest BCUT2D eigenvalue weighted by atomic mass is 9.93. The van der Waals surface area contributed by atoms with E-state index < -0.39 is 11.4 Å². The van der Waals surface area contributed by atoms with Crippen molar-refractivity contribution in [2.45, 2.75) is 71.6 Å². The molecule has 0 amide bonds. The van der Waals surface area contributed by atoms with Gasteiger partial charge in [-0.05, 0) is 59.4 Å². The molecule has 0 bridgehead atoms. The Hall–Kier alpha value is -0.770. The highest BCUT2D eigenvalue weighted by Gasteiger charge is 2.29. The second-order valence-electron chi connectivity index (χ2n) is 7.40. The van der Waals surface area contributed by atoms with Crippen molar-refractivity contribution in [2.75, 3.05) is 0 Å². The van der Waals surface area contributed by atoms with Gasteiger partial charge in [-0.2, -0.15) is 0 Å². The zero-order chi connectivity index (χ0) is 16.9. The van der Waals surface area contributed by atoms with Crippen molar-refractivity contribution in [2.24, 2.45) is 0 Å². The van der Waals surface area contributed by atoms with Crippen LogP contribution >= 0.6 is 0 Å². The Bertz CT molecular complexity index is 483. The Morgan fingerprint density at radius 3 is 2.23 bits per heavy atom. The van der Waals surface area contributed by atoms with Gasteiger partial charge in [0.15, 0.2) is 0 Å². The first-order valence-electron chi connectivity index (χ1n) is 7.99. The predicted octanol–water partition coefficient (Wildman–Crippen LogP) is 4.88. The van der Waals surface area contributed by atoms with Gasteiger partial charge in [-0.1, -0.05) is 48.4 Å². The van der Waals surface area contributed by atoms with Crippen molar-refractivity contribution in [3.8, 4) is 0 Å². The molecule has 124 valence electrons. The molecule has 1 aromatic rings. The van der Waals surface area contributed by atoms with E-state index in [1.807, 2.05) is 20.8 Å². The summed E-state index contributed by atoms with van der Waals surface area (Å²) in [4.78, 5) is 0. The van der Waals surface area contributed by atoms with E-state index in [0.717, 1.165) is 6.42 Å². The van der Waals surface area contributed by atoms with E-state index in [1.165, 1.54) is 16.7 Å². The fraction of sp³-hybridized carbons (Fsp3) is 0.579. The molecule has 0 spiro atoms. The van der Waals surface area contributed by atoms with Gasteiger partial charge in [0.25, 0.3) is 0 Å². The number of aryl methyl sites for hydroxylation is 1. The van der Waals surface area contributed by atoms with Gasteiger partial charge >= 0.3 is 0 Å². The lowest BCUT2D eigenvalue weighted by molar-refractivity contribution is 0.516. The molecule has 0 aliphatic carbocycles. The summed E-state index contributed by atoms with van der Waals surface area (Å²) in [7, 11) is 0. The fourth-order valence-corrected chi connectivity index (χ4v) is 3.07. The lowest BCUT2D eigenvalue weighted by Gasteiger charge is -2.28. The number of hydrogen-bond acceptors (Lipinski definition) is 2. The topological polar surface area (TPSA) is 35.1 Å². The molecule has 0 saturated carbocycles. The molecule has 0 fully saturated rings. The third-order valence-electron chi connectivity index (χ3n) is 3.60. The number of nitrogens with one attached hydrogen (secondary N) is 1. The maximum Gasteiger partial charge on any atom is 0.136 e. The standard InChI is InChI=1S/C19H31NOS/c1-14(2)12-18(20-22(21)19(5,6)7)13-16(4)17-10-8-15(3)9-11-17/h8-12,16,18,20H,13H2,1-7H3/t16-,18+,22-/m0/s1. The first kappa shape index (κ1) is 19.3. The second kappa shape index (κ2) is 8.19. The van der Waals surface area contributed by atoms with Gasteiger partial charge in [0.05, 0.1) is 6.04 Å². The van der Waals surface area contributed by atoms with Crippen LogP contribution in [0.2, 0.25) is 0 Å². The Balaban J connectivity index is 2.80. The zero-order valence-electron chi connectivity index (χ0n) is 15.1. The molecule has 3 atom stereocenters. The largest absolute Gasteiger partial charge is 0.598 e. The van der Waals surface area contributed by atoms with Crippen LogP contribution in [-0.4, -0.2) is 15.3 Å². The van der Waals surface area contributed by atoms with Gasteiger partial charge in [0.1, 0.15) is 4.75 Å². The molecule has 3 heteroatoms. The monoisotopic (exact) mass is 321 g/mol. The molecule has 0 unspecified atom stereocenters. The second-order valence-corrected chi connectivity index (χ2v) is 9.39. The third-order valence-corrected chi connectivity index (χ3v) is 5.23. The summed E-state index contributed by atoms with van der Waals surface area (Å²) in [5.41, 5.74) is 3.87. The maximum atomic E-state index is 12.4. The summed E-state index contributed by atoms with van der Waals surface area (Å²) >= 11 is -1.05. The molecule has 0 aliphatic heterocycles. The highest BCUT2D eigenvalue weighted by molar-refractivity contribution is 7.90. The molecule has 0 aliphatic rings. The van der Waals surface area contributed by atoms with Crippen LogP contribution in [0.25, 0.3) is 0 Å². The molecule has 0 aromatic heterocycles. The molecule has 1 rings (SSSR count). The Morgan fingerprint density at radius 1 is 1.23 bits per heavy atom. The summed E-state index contributed by atoms with van der Waals surface area (Å²) in [5.74, 6) is 0.422. The molecule has 1 N–H and O–H groups in total. The Labute approximate surface area is 139 Å². The van der Waals surface area contributed by atoms with Gasteiger partial charge < -0.3 is 4.55 Å². The minimum atomic E-state index is -1.05. The zero-order valence-corrected chi connectivity index (χ0v) is 15.9. The molecule has 0 heterocycles. The number of allylic oxidation sites excluding steroid dienone is 1. The van der Waals surface area contributed by atoms with Gasteiger partial charge in [-0.15, -0.1) is 4.72 Å². The quantitative estimate of drug-likeness (QED) is 0.599. The minimum absolute atomic E-state index is 0.126. The van der Waals surface area contributed by atoms with Crippen molar-refractivity contribution in [3.63, 3.8) is 0 Å². The van der Waals surface area contributed by atoms with Crippen LogP contribution in [0.1, 0.15) is 65.0 Å². The predicted molar refractivity (Wildman–Crippen MR) is 98.5 cm³/mol. The first-order valence-corrected chi connectivity index (χ1v) is 9.14. The van der Waals surface area contributed by atoms with Crippen LogP contribution in [0.4, 0.5) is 0 Å². The summed E-state index contributed by atoms with van der Waals surface area (Å²) in [6.07, 6.45) is 3.13. The van der Waals surface area contributed by atoms with Gasteiger partial charge in [0.2, 0.25) is 0 Å². The smallest absolute Gasteiger partial charge is 0.136 e. The van der Waals surface area contributed by atoms with Crippen molar-refractivity contribution < 1.29 is 4.55 Å². The molecular formula is C19H31NOS. The first-order chi connectivity index (χ1) is 10.1. The van der Waals surface area contributed by atoms with E-state index in [9.17, 15) is 4.55 Å². The highest BCUT2D eigenvalue weighted by atomic mass is 32.2. The molecular weight excluding hydrogens is 290 g/mol. The van der Waals surface area contributed by atoms with Crippen LogP contribution in [-0.2, 0) is 11.4 Å². The van der Waals surface area contributed by atoms with Gasteiger partial charge in [-0.3, -0.25) is 0 Å². The SMILES string of the molecule is CC(C)=C[C@H](C[C@H](C)c1ccc(C)cc1)N[S@@+]([O-])C(C)(C)C. The van der Waals surface area contributed by atoms with E-state index in [1.54, 1.807) is 0 Å². The Kier molecular flexibility index (Phi) is 7.17. The number of benzene rings is 1. The average molecular weight is 322 g/mol. The molecule has 22 heavy (non-hydrogen) atoms. The fourth-order valence-electron chi connectivity index (χ4n) is 2.28. The minimum Gasteiger partial charge on any atom is -0.598 e. The van der Waals surface area contributed by atoms with Crippen LogP contribution in [0, 0.1) is 6.92 Å². The number of rotatable bonds is 6. The van der Waals surface area contributed by atoms with Gasteiger partial charge in [0, 0.05) is 11.4 Å². The molecule has 0 radical (unpaired) electrons. The van der Waals surface area contributed by atoms with Crippen LogP contribution in [0.3, 0.4) is 0 Å². The van der Waals surface area contributed by atoms with Crippen molar-refractivity contribution >= 4 is 11.4 Å². The maximum absolute atomic E-state index is 12.4. The van der Waals surface area contributed by atoms with Crippen LogP contribution < -0.4 is 4.72 Å². The molecule has 2 nitrogen and oxygen atoms in total. The van der Waals surface area contributed by atoms with Crippen molar-refractivity contribution in [1.29, 1.82) is 0 Å². The number of hydrogen-bond donors (Lipinski definition) is 1. The average Bonchev–Trinajstić information content (AvgIpc) is 2.37. The van der Waals surface area contributed by atoms with E-state index >= 15 is 0 Å². The molecule has 0 saturated heterocycles. The summed E-state index contributed by atoms with van der Waals surface area (Å²) in [6, 6.07) is 8.83. The highest BCUT2D eigenvalue weighted by Crippen LogP contribution is 2.23.